The van der Waals surface area contributed by atoms with Crippen LogP contribution in [0.15, 0.2) is 5.38 Å². The lowest BCUT2D eigenvalue weighted by Crippen LogP contribution is -2.33. The highest BCUT2D eigenvalue weighted by Crippen LogP contribution is 2.08. The third kappa shape index (κ3) is 4.05. The number of carbonyl (C=O) groups excluding carboxylic acids is 1. The van der Waals surface area contributed by atoms with Crippen LogP contribution in [0, 0.1) is 0 Å². The van der Waals surface area contributed by atoms with E-state index in [1.54, 1.807) is 5.38 Å². The van der Waals surface area contributed by atoms with Gasteiger partial charge < -0.3 is 10.2 Å². The predicted octanol–water partition coefficient (Wildman–Crippen LogP) is 1.14. The summed E-state index contributed by atoms with van der Waals surface area (Å²) in [6.07, 6.45) is 5.00. The van der Waals surface area contributed by atoms with Gasteiger partial charge in [0, 0.05) is 11.9 Å². The molecule has 1 N–H and O–H groups in total. The van der Waals surface area contributed by atoms with Crippen molar-refractivity contribution in [1.82, 2.24) is 19.8 Å². The van der Waals surface area contributed by atoms with E-state index in [1.165, 1.54) is 43.9 Å². The van der Waals surface area contributed by atoms with Gasteiger partial charge in [0.2, 0.25) is 0 Å². The van der Waals surface area contributed by atoms with Gasteiger partial charge in [-0.05, 0) is 50.4 Å². The Hall–Kier alpha value is -1.01. The Morgan fingerprint density at radius 3 is 2.94 bits per heavy atom. The Kier molecular flexibility index (Phi) is 4.88. The lowest BCUT2D eigenvalue weighted by molar-refractivity contribution is 0.0946. The molecule has 0 spiro atoms. The van der Waals surface area contributed by atoms with Crippen LogP contribution in [-0.2, 0) is 0 Å². The molecule has 1 aliphatic heterocycles. The number of piperidine rings is 1. The van der Waals surface area contributed by atoms with Gasteiger partial charge in [-0.2, -0.15) is 0 Å². The van der Waals surface area contributed by atoms with E-state index < -0.39 is 0 Å². The van der Waals surface area contributed by atoms with Crippen LogP contribution < -0.4 is 5.32 Å². The largest absolute Gasteiger partial charge is 0.351 e. The molecule has 0 radical (unpaired) electrons. The second-order valence-corrected chi connectivity index (χ2v) is 4.91. The normalized spacial score (nSPS) is 16.9. The summed E-state index contributed by atoms with van der Waals surface area (Å²) in [5.41, 5.74) is 0.424. The molecule has 1 aromatic rings. The minimum atomic E-state index is -0.114. The van der Waals surface area contributed by atoms with Crippen LogP contribution >= 0.6 is 11.5 Å². The van der Waals surface area contributed by atoms with Crippen LogP contribution in [0.25, 0.3) is 0 Å². The van der Waals surface area contributed by atoms with Gasteiger partial charge >= 0.3 is 0 Å². The Balaban J connectivity index is 1.58. The van der Waals surface area contributed by atoms with Crippen LogP contribution in [0.1, 0.15) is 36.2 Å². The Morgan fingerprint density at radius 2 is 2.24 bits per heavy atom. The fourth-order valence-electron chi connectivity index (χ4n) is 2.04. The van der Waals surface area contributed by atoms with Gasteiger partial charge in [0.05, 0.1) is 0 Å². The third-order valence-corrected chi connectivity index (χ3v) is 3.48. The number of hydrogen-bond acceptors (Lipinski definition) is 5. The van der Waals surface area contributed by atoms with Gasteiger partial charge in [-0.15, -0.1) is 5.10 Å². The molecule has 1 aromatic heterocycles. The third-order valence-electron chi connectivity index (χ3n) is 2.98. The van der Waals surface area contributed by atoms with Crippen LogP contribution in [0.3, 0.4) is 0 Å². The molecule has 1 amide bonds. The summed E-state index contributed by atoms with van der Waals surface area (Å²) >= 11 is 1.20. The molecule has 94 valence electrons. The minimum Gasteiger partial charge on any atom is -0.351 e. The van der Waals surface area contributed by atoms with Crippen LogP contribution in [0.2, 0.25) is 0 Å². The van der Waals surface area contributed by atoms with Crippen molar-refractivity contribution in [1.29, 1.82) is 0 Å². The number of likely N-dealkylation sites (tertiary alicyclic amines) is 1. The smallest absolute Gasteiger partial charge is 0.272 e. The van der Waals surface area contributed by atoms with Crippen molar-refractivity contribution in [2.24, 2.45) is 0 Å². The summed E-state index contributed by atoms with van der Waals surface area (Å²) in [6.45, 7) is 4.22. The summed E-state index contributed by atoms with van der Waals surface area (Å²) < 4.78 is 3.67. The van der Waals surface area contributed by atoms with Crippen molar-refractivity contribution in [3.63, 3.8) is 0 Å². The first-order valence-corrected chi connectivity index (χ1v) is 6.97. The van der Waals surface area contributed by atoms with Gasteiger partial charge in [-0.25, -0.2) is 0 Å². The summed E-state index contributed by atoms with van der Waals surface area (Å²) in [5.74, 6) is -0.114. The second kappa shape index (κ2) is 6.66. The van der Waals surface area contributed by atoms with Crippen molar-refractivity contribution >= 4 is 17.4 Å². The highest BCUT2D eigenvalue weighted by atomic mass is 32.1. The number of amides is 1. The zero-order valence-corrected chi connectivity index (χ0v) is 10.7. The topological polar surface area (TPSA) is 58.1 Å². The van der Waals surface area contributed by atoms with Crippen LogP contribution in [-0.4, -0.2) is 46.6 Å². The molecular formula is C11H18N4OS. The average molecular weight is 254 g/mol. The molecule has 2 heterocycles. The summed E-state index contributed by atoms with van der Waals surface area (Å²) in [7, 11) is 0. The van der Waals surface area contributed by atoms with Crippen molar-refractivity contribution in [2.45, 2.75) is 25.7 Å². The molecule has 6 heteroatoms. The van der Waals surface area contributed by atoms with Crippen LogP contribution in [0.5, 0.6) is 0 Å². The highest BCUT2D eigenvalue weighted by Gasteiger charge is 2.10. The van der Waals surface area contributed by atoms with Gasteiger partial charge in [0.1, 0.15) is 0 Å². The highest BCUT2D eigenvalue weighted by molar-refractivity contribution is 7.03. The first-order chi connectivity index (χ1) is 8.36. The molecule has 1 fully saturated rings. The van der Waals surface area contributed by atoms with E-state index in [4.69, 9.17) is 0 Å². The minimum absolute atomic E-state index is 0.114. The molecule has 0 bridgehead atoms. The van der Waals surface area contributed by atoms with Gasteiger partial charge in [-0.1, -0.05) is 10.9 Å². The van der Waals surface area contributed by atoms with E-state index in [9.17, 15) is 4.79 Å². The number of nitrogens with one attached hydrogen (secondary N) is 1. The molecule has 0 aromatic carbocycles. The summed E-state index contributed by atoms with van der Waals surface area (Å²) in [6, 6.07) is 0. The first kappa shape index (κ1) is 12.4. The van der Waals surface area contributed by atoms with E-state index in [1.807, 2.05) is 0 Å². The van der Waals surface area contributed by atoms with Crippen molar-refractivity contribution in [2.75, 3.05) is 26.2 Å². The molecule has 0 saturated carbocycles. The molecule has 0 unspecified atom stereocenters. The Labute approximate surface area is 105 Å². The van der Waals surface area contributed by atoms with Gasteiger partial charge in [0.15, 0.2) is 5.69 Å². The fourth-order valence-corrected chi connectivity index (χ4v) is 2.48. The van der Waals surface area contributed by atoms with Gasteiger partial charge in [-0.3, -0.25) is 4.79 Å². The number of rotatable bonds is 5. The maximum Gasteiger partial charge on any atom is 0.272 e. The number of hydrogen-bond donors (Lipinski definition) is 1. The van der Waals surface area contributed by atoms with Crippen molar-refractivity contribution in [3.05, 3.63) is 11.1 Å². The summed E-state index contributed by atoms with van der Waals surface area (Å²) in [4.78, 5) is 14.0. The molecule has 0 aliphatic carbocycles. The lowest BCUT2D eigenvalue weighted by atomic mass is 10.1. The zero-order valence-electron chi connectivity index (χ0n) is 9.89. The molecule has 1 aliphatic rings. The van der Waals surface area contributed by atoms with Crippen molar-refractivity contribution in [3.8, 4) is 0 Å². The predicted molar refractivity (Wildman–Crippen MR) is 67.2 cm³/mol. The second-order valence-electron chi connectivity index (χ2n) is 4.30. The molecule has 0 atom stereocenters. The van der Waals surface area contributed by atoms with Gasteiger partial charge in [0.25, 0.3) is 5.91 Å². The monoisotopic (exact) mass is 254 g/mol. The molecular weight excluding hydrogens is 236 g/mol. The van der Waals surface area contributed by atoms with E-state index in [-0.39, 0.29) is 5.91 Å². The SMILES string of the molecule is O=C(NCCCN1CCCCC1)c1csnn1. The maximum absolute atomic E-state index is 11.5. The van der Waals surface area contributed by atoms with E-state index in [0.717, 1.165) is 13.0 Å². The number of carbonyl (C=O) groups is 1. The number of aromatic nitrogens is 2. The Morgan fingerprint density at radius 1 is 1.41 bits per heavy atom. The van der Waals surface area contributed by atoms with Crippen LogP contribution in [0.4, 0.5) is 0 Å². The van der Waals surface area contributed by atoms with E-state index >= 15 is 0 Å². The van der Waals surface area contributed by atoms with E-state index in [2.05, 4.69) is 19.8 Å². The van der Waals surface area contributed by atoms with E-state index in [0.29, 0.717) is 12.2 Å². The lowest BCUT2D eigenvalue weighted by Gasteiger charge is -2.26. The molecule has 1 saturated heterocycles. The first-order valence-electron chi connectivity index (χ1n) is 6.14. The number of nitrogens with zero attached hydrogens (tertiary/aromatic N) is 3. The molecule has 17 heavy (non-hydrogen) atoms. The Bertz CT molecular complexity index is 335. The quantitative estimate of drug-likeness (QED) is 0.801. The fraction of sp³-hybridized carbons (Fsp3) is 0.727. The van der Waals surface area contributed by atoms with Crippen molar-refractivity contribution < 1.29 is 4.79 Å². The molecule has 5 nitrogen and oxygen atoms in total. The molecule has 2 rings (SSSR count). The standard InChI is InChI=1S/C11H18N4OS/c16-11(10-9-17-14-13-10)12-5-4-8-15-6-2-1-3-7-15/h9H,1-8H2,(H,12,16). The zero-order chi connectivity index (χ0) is 11.9. The maximum atomic E-state index is 11.5. The summed E-state index contributed by atoms with van der Waals surface area (Å²) in [5, 5.41) is 8.26. The average Bonchev–Trinajstić information content (AvgIpc) is 2.89.